The van der Waals surface area contributed by atoms with Crippen LogP contribution < -0.4 is 9.47 Å². The first kappa shape index (κ1) is 9.97. The number of rotatable bonds is 2. The van der Waals surface area contributed by atoms with Crippen LogP contribution in [0, 0.1) is 5.92 Å². The van der Waals surface area contributed by atoms with Gasteiger partial charge in [0, 0.05) is 17.6 Å². The van der Waals surface area contributed by atoms with Gasteiger partial charge in [0.1, 0.15) is 11.5 Å². The zero-order valence-corrected chi connectivity index (χ0v) is 9.40. The molecule has 0 amide bonds. The van der Waals surface area contributed by atoms with Crippen molar-refractivity contribution in [3.63, 3.8) is 0 Å². The van der Waals surface area contributed by atoms with Gasteiger partial charge >= 0.3 is 0 Å². The Kier molecular flexibility index (Phi) is 2.11. The van der Waals surface area contributed by atoms with E-state index in [1.807, 2.05) is 12.1 Å². The molecule has 1 heterocycles. The minimum absolute atomic E-state index is 0.164. The van der Waals surface area contributed by atoms with Gasteiger partial charge in [-0.2, -0.15) is 0 Å². The largest absolute Gasteiger partial charge is 0.497 e. The zero-order chi connectivity index (χ0) is 11.2. The first-order chi connectivity index (χ1) is 7.80. The van der Waals surface area contributed by atoms with Crippen molar-refractivity contribution in [2.75, 3.05) is 20.3 Å². The average molecular weight is 220 g/mol. The van der Waals surface area contributed by atoms with Gasteiger partial charge in [-0.05, 0) is 37.0 Å². The molecule has 86 valence electrons. The van der Waals surface area contributed by atoms with Crippen LogP contribution in [0.5, 0.6) is 11.5 Å². The van der Waals surface area contributed by atoms with Gasteiger partial charge < -0.3 is 14.6 Å². The molecule has 1 fully saturated rings. The predicted molar refractivity (Wildman–Crippen MR) is 60.0 cm³/mol. The van der Waals surface area contributed by atoms with Crippen LogP contribution in [0.1, 0.15) is 18.4 Å². The Labute approximate surface area is 95.0 Å². The van der Waals surface area contributed by atoms with E-state index in [0.29, 0.717) is 5.92 Å². The average Bonchev–Trinajstić information content (AvgIpc) is 3.04. The molecule has 0 saturated heterocycles. The zero-order valence-electron chi connectivity index (χ0n) is 9.40. The second-order valence-corrected chi connectivity index (χ2v) is 4.70. The molecular formula is C13H16O3. The third-order valence-electron chi connectivity index (χ3n) is 3.98. The maximum atomic E-state index is 9.30. The van der Waals surface area contributed by atoms with Gasteiger partial charge in [-0.15, -0.1) is 0 Å². The molecule has 2 aliphatic rings. The van der Waals surface area contributed by atoms with Gasteiger partial charge in [0.2, 0.25) is 0 Å². The second kappa shape index (κ2) is 3.39. The molecule has 1 saturated carbocycles. The molecule has 3 rings (SSSR count). The first-order valence-corrected chi connectivity index (χ1v) is 5.72. The van der Waals surface area contributed by atoms with Crippen LogP contribution in [0.3, 0.4) is 0 Å². The Bertz CT molecular complexity index is 416. The molecule has 1 aliphatic heterocycles. The van der Waals surface area contributed by atoms with E-state index in [1.165, 1.54) is 5.56 Å². The third-order valence-corrected chi connectivity index (χ3v) is 3.98. The summed E-state index contributed by atoms with van der Waals surface area (Å²) < 4.78 is 10.9. The van der Waals surface area contributed by atoms with Gasteiger partial charge in [-0.25, -0.2) is 0 Å². The number of hydrogen-bond acceptors (Lipinski definition) is 3. The van der Waals surface area contributed by atoms with E-state index in [4.69, 9.17) is 9.47 Å². The lowest BCUT2D eigenvalue weighted by Gasteiger charge is -2.27. The molecule has 0 radical (unpaired) electrons. The minimum atomic E-state index is 0.164. The fourth-order valence-electron chi connectivity index (χ4n) is 2.88. The standard InChI is InChI=1S/C13H16O3/c1-15-10-2-3-12-11(6-10)13(4-5-16-12)7-9(13)8-14/h2-3,6,9,14H,4-5,7-8H2,1H3. The molecular weight excluding hydrogens is 204 g/mol. The summed E-state index contributed by atoms with van der Waals surface area (Å²) in [6.45, 7) is 1.03. The van der Waals surface area contributed by atoms with Crippen LogP contribution in [0.4, 0.5) is 0 Å². The van der Waals surface area contributed by atoms with E-state index in [1.54, 1.807) is 7.11 Å². The first-order valence-electron chi connectivity index (χ1n) is 5.72. The third kappa shape index (κ3) is 1.24. The maximum Gasteiger partial charge on any atom is 0.123 e. The van der Waals surface area contributed by atoms with E-state index < -0.39 is 0 Å². The van der Waals surface area contributed by atoms with E-state index in [-0.39, 0.29) is 12.0 Å². The number of ether oxygens (including phenoxy) is 2. The van der Waals surface area contributed by atoms with Crippen molar-refractivity contribution in [2.45, 2.75) is 18.3 Å². The van der Waals surface area contributed by atoms with Crippen molar-refractivity contribution >= 4 is 0 Å². The van der Waals surface area contributed by atoms with Crippen molar-refractivity contribution in [3.05, 3.63) is 23.8 Å². The van der Waals surface area contributed by atoms with Gasteiger partial charge in [0.05, 0.1) is 13.7 Å². The van der Waals surface area contributed by atoms with E-state index >= 15 is 0 Å². The molecule has 0 bridgehead atoms. The van der Waals surface area contributed by atoms with Crippen LogP contribution in [0.2, 0.25) is 0 Å². The number of methoxy groups -OCH3 is 1. The lowest BCUT2D eigenvalue weighted by atomic mass is 9.87. The van der Waals surface area contributed by atoms with Gasteiger partial charge in [-0.1, -0.05) is 0 Å². The highest BCUT2D eigenvalue weighted by Crippen LogP contribution is 2.60. The lowest BCUT2D eigenvalue weighted by molar-refractivity contribution is 0.224. The maximum absolute atomic E-state index is 9.30. The molecule has 1 N–H and O–H groups in total. The molecule has 1 aromatic carbocycles. The Balaban J connectivity index is 2.04. The fourth-order valence-corrected chi connectivity index (χ4v) is 2.88. The number of aliphatic hydroxyl groups excluding tert-OH is 1. The van der Waals surface area contributed by atoms with Gasteiger partial charge in [0.25, 0.3) is 0 Å². The van der Waals surface area contributed by atoms with Crippen LogP contribution in [0.15, 0.2) is 18.2 Å². The summed E-state index contributed by atoms with van der Waals surface area (Å²) in [5.41, 5.74) is 1.38. The predicted octanol–water partition coefficient (Wildman–Crippen LogP) is 1.73. The Hall–Kier alpha value is -1.22. The molecule has 3 nitrogen and oxygen atoms in total. The molecule has 3 heteroatoms. The number of benzene rings is 1. The fraction of sp³-hybridized carbons (Fsp3) is 0.538. The summed E-state index contributed by atoms with van der Waals surface area (Å²) in [7, 11) is 1.68. The summed E-state index contributed by atoms with van der Waals surface area (Å²) in [6, 6.07) is 5.96. The van der Waals surface area contributed by atoms with Crippen LogP contribution >= 0.6 is 0 Å². The van der Waals surface area contributed by atoms with E-state index in [2.05, 4.69) is 6.07 Å². The van der Waals surface area contributed by atoms with Gasteiger partial charge in [0.15, 0.2) is 0 Å². The molecule has 0 aromatic heterocycles. The molecule has 2 atom stereocenters. The van der Waals surface area contributed by atoms with Crippen LogP contribution in [0.25, 0.3) is 0 Å². The summed E-state index contributed by atoms with van der Waals surface area (Å²) >= 11 is 0. The summed E-state index contributed by atoms with van der Waals surface area (Å²) in [4.78, 5) is 0. The van der Waals surface area contributed by atoms with Crippen molar-refractivity contribution in [1.82, 2.24) is 0 Å². The minimum Gasteiger partial charge on any atom is -0.497 e. The highest BCUT2D eigenvalue weighted by atomic mass is 16.5. The van der Waals surface area contributed by atoms with Gasteiger partial charge in [-0.3, -0.25) is 0 Å². The lowest BCUT2D eigenvalue weighted by Crippen LogP contribution is -2.22. The number of hydrogen-bond donors (Lipinski definition) is 1. The Morgan fingerprint density at radius 3 is 3.12 bits per heavy atom. The van der Waals surface area contributed by atoms with Crippen molar-refractivity contribution in [1.29, 1.82) is 0 Å². The van der Waals surface area contributed by atoms with Crippen molar-refractivity contribution in [3.8, 4) is 11.5 Å². The van der Waals surface area contributed by atoms with Crippen molar-refractivity contribution < 1.29 is 14.6 Å². The Morgan fingerprint density at radius 2 is 2.44 bits per heavy atom. The molecule has 2 unspecified atom stereocenters. The SMILES string of the molecule is COc1ccc2c(c1)C1(CCO2)CC1CO. The summed E-state index contributed by atoms with van der Waals surface area (Å²) in [6.07, 6.45) is 2.09. The molecule has 16 heavy (non-hydrogen) atoms. The summed E-state index contributed by atoms with van der Waals surface area (Å²) in [5, 5.41) is 9.30. The highest BCUT2D eigenvalue weighted by Gasteiger charge is 2.57. The molecule has 1 spiro atoms. The number of fused-ring (bicyclic) bond motifs is 2. The highest BCUT2D eigenvalue weighted by molar-refractivity contribution is 5.50. The smallest absolute Gasteiger partial charge is 0.123 e. The second-order valence-electron chi connectivity index (χ2n) is 4.70. The topological polar surface area (TPSA) is 38.7 Å². The summed E-state index contributed by atoms with van der Waals surface area (Å²) in [5.74, 6) is 2.23. The molecule has 1 aromatic rings. The van der Waals surface area contributed by atoms with Crippen LogP contribution in [-0.4, -0.2) is 25.4 Å². The number of aliphatic hydroxyl groups is 1. The van der Waals surface area contributed by atoms with Crippen molar-refractivity contribution in [2.24, 2.45) is 5.92 Å². The normalized spacial score (nSPS) is 30.8. The monoisotopic (exact) mass is 220 g/mol. The quantitative estimate of drug-likeness (QED) is 0.825. The molecule has 1 aliphatic carbocycles. The Morgan fingerprint density at radius 1 is 1.56 bits per heavy atom. The van der Waals surface area contributed by atoms with E-state index in [9.17, 15) is 5.11 Å². The van der Waals surface area contributed by atoms with E-state index in [0.717, 1.165) is 30.9 Å². The van der Waals surface area contributed by atoms with Crippen LogP contribution in [-0.2, 0) is 5.41 Å².